The van der Waals surface area contributed by atoms with Gasteiger partial charge in [-0.1, -0.05) is 36.8 Å². The Labute approximate surface area is 140 Å². The molecule has 0 aliphatic heterocycles. The van der Waals surface area contributed by atoms with Crippen molar-refractivity contribution in [2.45, 2.75) is 39.8 Å². The highest BCUT2D eigenvalue weighted by atomic mass is 16.2. The van der Waals surface area contributed by atoms with Crippen molar-refractivity contribution >= 4 is 11.8 Å². The first kappa shape index (κ1) is 17.6. The molecule has 0 aliphatic carbocycles. The van der Waals surface area contributed by atoms with Crippen molar-refractivity contribution < 1.29 is 9.59 Å². The molecule has 0 saturated heterocycles. The molecule has 128 valence electrons. The highest BCUT2D eigenvalue weighted by molar-refractivity contribution is 5.87. The second-order valence-electron chi connectivity index (χ2n) is 5.59. The zero-order valence-electron chi connectivity index (χ0n) is 14.1. The number of hydrogen-bond donors (Lipinski definition) is 2. The van der Waals surface area contributed by atoms with E-state index in [0.29, 0.717) is 12.4 Å². The van der Waals surface area contributed by atoms with Crippen LogP contribution in [0.4, 0.5) is 0 Å². The molecule has 24 heavy (non-hydrogen) atoms. The van der Waals surface area contributed by atoms with Crippen molar-refractivity contribution in [2.75, 3.05) is 6.54 Å². The quantitative estimate of drug-likeness (QED) is 0.777. The summed E-state index contributed by atoms with van der Waals surface area (Å²) in [5, 5.41) is 17.3. The molecule has 8 heteroatoms. The molecule has 0 unspecified atom stereocenters. The molecule has 2 aromatic rings. The van der Waals surface area contributed by atoms with E-state index >= 15 is 0 Å². The number of nitrogens with one attached hydrogen (secondary N) is 2. The molecule has 0 fully saturated rings. The molecule has 0 radical (unpaired) electrons. The molecule has 2 N–H and O–H groups in total. The van der Waals surface area contributed by atoms with Crippen LogP contribution in [0.3, 0.4) is 0 Å². The van der Waals surface area contributed by atoms with Crippen LogP contribution in [0.1, 0.15) is 25.8 Å². The van der Waals surface area contributed by atoms with E-state index in [1.54, 1.807) is 6.92 Å². The van der Waals surface area contributed by atoms with Crippen molar-refractivity contribution in [3.05, 3.63) is 29.8 Å². The molecule has 0 saturated carbocycles. The molecule has 8 nitrogen and oxygen atoms in total. The van der Waals surface area contributed by atoms with Crippen molar-refractivity contribution in [2.24, 2.45) is 0 Å². The Morgan fingerprint density at radius 1 is 1.25 bits per heavy atom. The minimum absolute atomic E-state index is 0.0930. The number of nitrogens with zero attached hydrogens (tertiary/aromatic N) is 4. The number of carbonyl (C=O) groups excluding carboxylic acids is 2. The SMILES string of the molecule is CCCNC(=O)[C@@H](C)NC(=O)Cn1nnc(-c2ccc(C)cc2)n1. The topological polar surface area (TPSA) is 102 Å². The summed E-state index contributed by atoms with van der Waals surface area (Å²) >= 11 is 0. The largest absolute Gasteiger partial charge is 0.354 e. The van der Waals surface area contributed by atoms with Crippen molar-refractivity contribution in [3.8, 4) is 11.4 Å². The Balaban J connectivity index is 1.90. The van der Waals surface area contributed by atoms with Crippen LogP contribution in [0.5, 0.6) is 0 Å². The number of carbonyl (C=O) groups is 2. The van der Waals surface area contributed by atoms with Crippen LogP contribution in [0.2, 0.25) is 0 Å². The Morgan fingerprint density at radius 3 is 2.62 bits per heavy atom. The number of amides is 2. The van der Waals surface area contributed by atoms with Gasteiger partial charge in [0.25, 0.3) is 0 Å². The fourth-order valence-electron chi connectivity index (χ4n) is 2.01. The molecule has 1 atom stereocenters. The monoisotopic (exact) mass is 330 g/mol. The van der Waals surface area contributed by atoms with Crippen LogP contribution in [0, 0.1) is 6.92 Å². The number of aryl methyl sites for hydroxylation is 1. The average Bonchev–Trinajstić information content (AvgIpc) is 3.01. The van der Waals surface area contributed by atoms with Crippen molar-refractivity contribution in [3.63, 3.8) is 0 Å². The fourth-order valence-corrected chi connectivity index (χ4v) is 2.01. The maximum atomic E-state index is 12.0. The first-order valence-electron chi connectivity index (χ1n) is 7.91. The van der Waals surface area contributed by atoms with Gasteiger partial charge in [-0.15, -0.1) is 10.2 Å². The maximum Gasteiger partial charge on any atom is 0.244 e. The first-order valence-corrected chi connectivity index (χ1v) is 7.91. The van der Waals surface area contributed by atoms with Gasteiger partial charge in [-0.2, -0.15) is 4.80 Å². The number of benzene rings is 1. The van der Waals surface area contributed by atoms with E-state index in [4.69, 9.17) is 0 Å². The summed E-state index contributed by atoms with van der Waals surface area (Å²) in [6, 6.07) is 7.11. The Bertz CT molecular complexity index is 695. The van der Waals surface area contributed by atoms with Crippen LogP contribution >= 0.6 is 0 Å². The third kappa shape index (κ3) is 4.87. The number of rotatable bonds is 7. The second kappa shape index (κ2) is 8.19. The molecule has 2 amide bonds. The van der Waals surface area contributed by atoms with Gasteiger partial charge in [-0.05, 0) is 25.5 Å². The molecule has 2 rings (SSSR count). The lowest BCUT2D eigenvalue weighted by molar-refractivity contribution is -0.129. The van der Waals surface area contributed by atoms with E-state index in [1.165, 1.54) is 4.80 Å². The molecule has 1 aromatic carbocycles. The molecule has 0 spiro atoms. The van der Waals surface area contributed by atoms with Gasteiger partial charge in [0, 0.05) is 12.1 Å². The summed E-state index contributed by atoms with van der Waals surface area (Å²) in [7, 11) is 0. The average molecular weight is 330 g/mol. The molecule has 0 bridgehead atoms. The molecular weight excluding hydrogens is 308 g/mol. The van der Waals surface area contributed by atoms with Crippen LogP contribution in [0.25, 0.3) is 11.4 Å². The number of tetrazole rings is 1. The summed E-state index contributed by atoms with van der Waals surface area (Å²) in [4.78, 5) is 24.9. The van der Waals surface area contributed by atoms with Crippen molar-refractivity contribution in [1.29, 1.82) is 0 Å². The van der Waals surface area contributed by atoms with E-state index in [-0.39, 0.29) is 18.4 Å². The molecule has 0 aliphatic rings. The van der Waals surface area contributed by atoms with Gasteiger partial charge in [-0.3, -0.25) is 9.59 Å². The highest BCUT2D eigenvalue weighted by Crippen LogP contribution is 2.13. The van der Waals surface area contributed by atoms with Gasteiger partial charge in [0.05, 0.1) is 0 Å². The number of hydrogen-bond acceptors (Lipinski definition) is 5. The Morgan fingerprint density at radius 2 is 1.96 bits per heavy atom. The van der Waals surface area contributed by atoms with E-state index in [1.807, 2.05) is 38.1 Å². The molecular formula is C16H22N6O2. The Hall–Kier alpha value is -2.77. The lowest BCUT2D eigenvalue weighted by Gasteiger charge is -2.13. The predicted molar refractivity (Wildman–Crippen MR) is 88.9 cm³/mol. The zero-order valence-corrected chi connectivity index (χ0v) is 14.1. The smallest absolute Gasteiger partial charge is 0.244 e. The summed E-state index contributed by atoms with van der Waals surface area (Å²) in [6.45, 7) is 6.09. The zero-order chi connectivity index (χ0) is 17.5. The lowest BCUT2D eigenvalue weighted by Crippen LogP contribution is -2.46. The molecule has 1 heterocycles. The van der Waals surface area contributed by atoms with Crippen molar-refractivity contribution in [1.82, 2.24) is 30.8 Å². The van der Waals surface area contributed by atoms with Crippen LogP contribution in [-0.2, 0) is 16.1 Å². The summed E-state index contributed by atoms with van der Waals surface area (Å²) in [5.74, 6) is -0.101. The van der Waals surface area contributed by atoms with Gasteiger partial charge >= 0.3 is 0 Å². The predicted octanol–water partition coefficient (Wildman–Crippen LogP) is 0.679. The minimum Gasteiger partial charge on any atom is -0.354 e. The first-order chi connectivity index (χ1) is 11.5. The van der Waals surface area contributed by atoms with E-state index in [2.05, 4.69) is 26.0 Å². The van der Waals surface area contributed by atoms with Gasteiger partial charge < -0.3 is 10.6 Å². The van der Waals surface area contributed by atoms with E-state index in [0.717, 1.165) is 17.5 Å². The van der Waals surface area contributed by atoms with Crippen LogP contribution in [-0.4, -0.2) is 44.6 Å². The van der Waals surface area contributed by atoms with Gasteiger partial charge in [0.2, 0.25) is 17.6 Å². The van der Waals surface area contributed by atoms with Gasteiger partial charge in [0.15, 0.2) is 0 Å². The van der Waals surface area contributed by atoms with E-state index in [9.17, 15) is 9.59 Å². The maximum absolute atomic E-state index is 12.0. The van der Waals surface area contributed by atoms with Gasteiger partial charge in [0.1, 0.15) is 12.6 Å². The lowest BCUT2D eigenvalue weighted by atomic mass is 10.1. The van der Waals surface area contributed by atoms with Gasteiger partial charge in [-0.25, -0.2) is 0 Å². The second-order valence-corrected chi connectivity index (χ2v) is 5.59. The summed E-state index contributed by atoms with van der Waals surface area (Å²) in [6.07, 6.45) is 0.844. The minimum atomic E-state index is -0.607. The third-order valence-electron chi connectivity index (χ3n) is 3.37. The third-order valence-corrected chi connectivity index (χ3v) is 3.37. The van der Waals surface area contributed by atoms with E-state index < -0.39 is 6.04 Å². The normalized spacial score (nSPS) is 11.8. The van der Waals surface area contributed by atoms with Crippen LogP contribution in [0.15, 0.2) is 24.3 Å². The molecule has 1 aromatic heterocycles. The Kier molecular flexibility index (Phi) is 6.00. The highest BCUT2D eigenvalue weighted by Gasteiger charge is 2.16. The standard InChI is InChI=1S/C16H22N6O2/c1-4-9-17-16(24)12(3)18-14(23)10-22-20-15(19-21-22)13-7-5-11(2)6-8-13/h5-8,12H,4,9-10H2,1-3H3,(H,17,24)(H,18,23)/t12-/m1/s1. The number of aromatic nitrogens is 4. The fraction of sp³-hybridized carbons (Fsp3) is 0.438. The summed E-state index contributed by atoms with van der Waals surface area (Å²) in [5.41, 5.74) is 1.97. The van der Waals surface area contributed by atoms with Crippen LogP contribution < -0.4 is 10.6 Å². The summed E-state index contributed by atoms with van der Waals surface area (Å²) < 4.78 is 0.